The highest BCUT2D eigenvalue weighted by molar-refractivity contribution is 6.32. The highest BCUT2D eigenvalue weighted by atomic mass is 35.5. The second kappa shape index (κ2) is 7.89. The number of ether oxygens (including phenoxy) is 1. The van der Waals surface area contributed by atoms with Crippen molar-refractivity contribution in [3.05, 3.63) is 79.3 Å². The Balaban J connectivity index is 2.23. The van der Waals surface area contributed by atoms with Gasteiger partial charge in [-0.15, -0.1) is 0 Å². The normalized spacial score (nSPS) is 12.1. The molecule has 1 aromatic heterocycles. The second-order valence-corrected chi connectivity index (χ2v) is 6.59. The fourth-order valence-corrected chi connectivity index (χ4v) is 2.94. The van der Waals surface area contributed by atoms with Gasteiger partial charge >= 0.3 is 18.0 Å². The van der Waals surface area contributed by atoms with E-state index in [2.05, 4.69) is 0 Å². The molecular formula is C18H9ClF7N3O3. The number of benzene rings is 2. The SMILES string of the molecule is Nc1c(Oc2ccccc2C(F)(F)F)c(Cl)cc(F)c1-n1c(=O)cc(C(F)(F)F)[nH]c1=O. The number of H-pyrrole nitrogens is 1. The van der Waals surface area contributed by atoms with Crippen molar-refractivity contribution < 1.29 is 35.5 Å². The molecule has 0 atom stereocenters. The first kappa shape index (κ1) is 23.2. The molecule has 3 rings (SSSR count). The average Bonchev–Trinajstić information content (AvgIpc) is 2.65. The number of nitrogens with one attached hydrogen (secondary N) is 1. The van der Waals surface area contributed by atoms with Crippen LogP contribution in [0.1, 0.15) is 11.3 Å². The summed E-state index contributed by atoms with van der Waals surface area (Å²) < 4.78 is 97.6. The van der Waals surface area contributed by atoms with Crippen molar-refractivity contribution in [2.24, 2.45) is 0 Å². The van der Waals surface area contributed by atoms with E-state index < -0.39 is 68.6 Å². The van der Waals surface area contributed by atoms with Crippen LogP contribution in [0.2, 0.25) is 5.02 Å². The number of nitrogen functional groups attached to an aromatic ring is 1. The molecule has 0 bridgehead atoms. The first-order valence-corrected chi connectivity index (χ1v) is 8.65. The molecule has 1 heterocycles. The van der Waals surface area contributed by atoms with Crippen LogP contribution >= 0.6 is 11.6 Å². The predicted molar refractivity (Wildman–Crippen MR) is 98.6 cm³/mol. The molecule has 0 unspecified atom stereocenters. The number of nitrogens with zero attached hydrogens (tertiary/aromatic N) is 1. The summed E-state index contributed by atoms with van der Waals surface area (Å²) >= 11 is 5.83. The minimum absolute atomic E-state index is 0.0195. The van der Waals surface area contributed by atoms with Gasteiger partial charge in [0.25, 0.3) is 5.56 Å². The number of para-hydroxylation sites is 1. The van der Waals surface area contributed by atoms with Crippen LogP contribution in [0.15, 0.2) is 46.0 Å². The van der Waals surface area contributed by atoms with Gasteiger partial charge in [-0.3, -0.25) is 4.79 Å². The van der Waals surface area contributed by atoms with E-state index in [1.54, 1.807) is 0 Å². The standard InChI is InChI=1S/C18H9ClF7N3O3/c19-8-5-9(20)14(29-12(30)6-11(18(24,25)26)28-16(29)31)13(27)15(8)32-10-4-2-1-3-7(10)17(21,22)23/h1-6H,27H2,(H,28,31). The average molecular weight is 484 g/mol. The van der Waals surface area contributed by atoms with Crippen molar-refractivity contribution >= 4 is 17.3 Å². The first-order chi connectivity index (χ1) is 14.7. The number of hydrogen-bond acceptors (Lipinski definition) is 4. The Bertz CT molecular complexity index is 1280. The maximum absolute atomic E-state index is 14.5. The van der Waals surface area contributed by atoms with E-state index in [4.69, 9.17) is 22.1 Å². The molecule has 3 aromatic rings. The molecule has 3 N–H and O–H groups in total. The first-order valence-electron chi connectivity index (χ1n) is 8.27. The van der Waals surface area contributed by atoms with E-state index in [-0.39, 0.29) is 10.6 Å². The monoisotopic (exact) mass is 483 g/mol. The minimum atomic E-state index is -5.09. The van der Waals surface area contributed by atoms with E-state index in [1.807, 2.05) is 0 Å². The highest BCUT2D eigenvalue weighted by Crippen LogP contribution is 2.43. The number of aromatic amines is 1. The number of nitrogens with two attached hydrogens (primary N) is 1. The molecule has 0 aliphatic carbocycles. The highest BCUT2D eigenvalue weighted by Gasteiger charge is 2.35. The number of alkyl halides is 6. The molecule has 170 valence electrons. The Morgan fingerprint density at radius 2 is 1.62 bits per heavy atom. The number of anilines is 1. The molecule has 0 amide bonds. The molecule has 0 aliphatic rings. The zero-order chi connectivity index (χ0) is 24.0. The van der Waals surface area contributed by atoms with Crippen LogP contribution in [0.3, 0.4) is 0 Å². The molecule has 0 aliphatic heterocycles. The lowest BCUT2D eigenvalue weighted by Gasteiger charge is -2.18. The largest absolute Gasteiger partial charge is 0.453 e. The molecule has 2 aromatic carbocycles. The number of halogens is 8. The predicted octanol–water partition coefficient (Wildman–Crippen LogP) is 4.73. The summed E-state index contributed by atoms with van der Waals surface area (Å²) in [4.78, 5) is 25.6. The summed E-state index contributed by atoms with van der Waals surface area (Å²) in [6.07, 6.45) is -9.95. The van der Waals surface area contributed by atoms with Crippen LogP contribution in [-0.4, -0.2) is 9.55 Å². The van der Waals surface area contributed by atoms with Crippen LogP contribution in [0.25, 0.3) is 5.69 Å². The Morgan fingerprint density at radius 1 is 1.00 bits per heavy atom. The minimum Gasteiger partial charge on any atom is -0.453 e. The fourth-order valence-electron chi connectivity index (χ4n) is 2.70. The van der Waals surface area contributed by atoms with E-state index >= 15 is 0 Å². The van der Waals surface area contributed by atoms with Gasteiger partial charge in [0.1, 0.15) is 22.8 Å². The summed E-state index contributed by atoms with van der Waals surface area (Å²) in [6.45, 7) is 0. The van der Waals surface area contributed by atoms with E-state index in [9.17, 15) is 40.3 Å². The number of hydrogen-bond donors (Lipinski definition) is 2. The van der Waals surface area contributed by atoms with Crippen molar-refractivity contribution in [1.82, 2.24) is 9.55 Å². The van der Waals surface area contributed by atoms with Crippen molar-refractivity contribution in [2.75, 3.05) is 5.73 Å². The van der Waals surface area contributed by atoms with Gasteiger partial charge in [0.05, 0.1) is 10.6 Å². The van der Waals surface area contributed by atoms with Crippen molar-refractivity contribution in [1.29, 1.82) is 0 Å². The fraction of sp³-hybridized carbons (Fsp3) is 0.111. The van der Waals surface area contributed by atoms with Crippen LogP contribution in [0.4, 0.5) is 36.4 Å². The Labute approximate surface area is 177 Å². The third-order valence-electron chi connectivity index (χ3n) is 4.06. The summed E-state index contributed by atoms with van der Waals surface area (Å²) in [5.41, 5.74) is -2.51. The lowest BCUT2D eigenvalue weighted by atomic mass is 10.2. The van der Waals surface area contributed by atoms with Crippen LogP contribution in [0.5, 0.6) is 11.5 Å². The third kappa shape index (κ3) is 4.28. The number of rotatable bonds is 3. The summed E-state index contributed by atoms with van der Waals surface area (Å²) in [5, 5.41) is -0.628. The molecule has 0 saturated carbocycles. The maximum Gasteiger partial charge on any atom is 0.431 e. The zero-order valence-electron chi connectivity index (χ0n) is 15.2. The smallest absolute Gasteiger partial charge is 0.431 e. The Hall–Kier alpha value is -3.48. The van der Waals surface area contributed by atoms with Gasteiger partial charge in [-0.05, 0) is 18.2 Å². The van der Waals surface area contributed by atoms with Gasteiger partial charge in [0.2, 0.25) is 0 Å². The zero-order valence-corrected chi connectivity index (χ0v) is 16.0. The topological polar surface area (TPSA) is 90.1 Å². The van der Waals surface area contributed by atoms with Crippen LogP contribution < -0.4 is 21.7 Å². The quantitative estimate of drug-likeness (QED) is 0.416. The Morgan fingerprint density at radius 3 is 2.19 bits per heavy atom. The second-order valence-electron chi connectivity index (χ2n) is 6.19. The van der Waals surface area contributed by atoms with Crippen LogP contribution in [0, 0.1) is 5.82 Å². The van der Waals surface area contributed by atoms with E-state index in [0.717, 1.165) is 12.1 Å². The molecule has 0 fully saturated rings. The van der Waals surface area contributed by atoms with E-state index in [1.165, 1.54) is 11.1 Å². The van der Waals surface area contributed by atoms with Gasteiger partial charge in [0, 0.05) is 6.07 Å². The molecule has 32 heavy (non-hydrogen) atoms. The van der Waals surface area contributed by atoms with Gasteiger partial charge in [-0.1, -0.05) is 23.7 Å². The molecule has 0 radical (unpaired) electrons. The van der Waals surface area contributed by atoms with E-state index in [0.29, 0.717) is 12.1 Å². The van der Waals surface area contributed by atoms with Gasteiger partial charge < -0.3 is 15.5 Å². The molecule has 14 heteroatoms. The maximum atomic E-state index is 14.5. The third-order valence-corrected chi connectivity index (χ3v) is 4.34. The molecular weight excluding hydrogens is 475 g/mol. The summed E-state index contributed by atoms with van der Waals surface area (Å²) in [6, 6.07) is 4.28. The molecule has 6 nitrogen and oxygen atoms in total. The van der Waals surface area contributed by atoms with Crippen molar-refractivity contribution in [3.63, 3.8) is 0 Å². The lowest BCUT2D eigenvalue weighted by Crippen LogP contribution is -2.36. The van der Waals surface area contributed by atoms with Crippen molar-refractivity contribution in [2.45, 2.75) is 12.4 Å². The molecule has 0 spiro atoms. The molecule has 0 saturated heterocycles. The number of aromatic nitrogens is 2. The van der Waals surface area contributed by atoms with Gasteiger partial charge in [-0.2, -0.15) is 26.3 Å². The van der Waals surface area contributed by atoms with Crippen LogP contribution in [-0.2, 0) is 12.4 Å². The van der Waals surface area contributed by atoms with Gasteiger partial charge in [-0.25, -0.2) is 13.8 Å². The lowest BCUT2D eigenvalue weighted by molar-refractivity contribution is -0.141. The van der Waals surface area contributed by atoms with Crippen molar-refractivity contribution in [3.8, 4) is 17.2 Å². The summed E-state index contributed by atoms with van der Waals surface area (Å²) in [7, 11) is 0. The van der Waals surface area contributed by atoms with Gasteiger partial charge in [0.15, 0.2) is 11.6 Å². The summed E-state index contributed by atoms with van der Waals surface area (Å²) in [5.74, 6) is -2.97. The Kier molecular flexibility index (Phi) is 5.72.